The summed E-state index contributed by atoms with van der Waals surface area (Å²) < 4.78 is 0. The number of nitrogens with one attached hydrogen (secondary N) is 1. The van der Waals surface area contributed by atoms with Crippen LogP contribution in [-0.2, 0) is 11.2 Å². The normalized spacial score (nSPS) is 20.5. The Morgan fingerprint density at radius 2 is 2.29 bits per heavy atom. The number of benzene rings is 1. The average molecular weight is 233 g/mol. The number of hydrogen-bond donors (Lipinski definition) is 2. The third kappa shape index (κ3) is 2.67. The number of carbonyl (C=O) groups excluding carboxylic acids is 1. The summed E-state index contributed by atoms with van der Waals surface area (Å²) >= 11 is 0. The lowest BCUT2D eigenvalue weighted by molar-refractivity contribution is -0.123. The molecule has 0 spiro atoms. The highest BCUT2D eigenvalue weighted by atomic mass is 16.3. The first-order valence-electron chi connectivity index (χ1n) is 6.21. The van der Waals surface area contributed by atoms with Crippen LogP contribution in [0.25, 0.3) is 0 Å². The second kappa shape index (κ2) is 5.32. The SMILES string of the molecule is C[C@@H](CO)NC(=O)C1CCCc2ccccc21. The van der Waals surface area contributed by atoms with E-state index in [0.717, 1.165) is 24.8 Å². The first kappa shape index (κ1) is 12.1. The minimum Gasteiger partial charge on any atom is -0.394 e. The third-order valence-corrected chi connectivity index (χ3v) is 3.35. The van der Waals surface area contributed by atoms with Crippen LogP contribution in [0.15, 0.2) is 24.3 Å². The van der Waals surface area contributed by atoms with Gasteiger partial charge in [0, 0.05) is 6.04 Å². The van der Waals surface area contributed by atoms with Gasteiger partial charge in [0.05, 0.1) is 12.5 Å². The maximum Gasteiger partial charge on any atom is 0.227 e. The minimum atomic E-state index is -0.170. The molecule has 92 valence electrons. The highest BCUT2D eigenvalue weighted by Gasteiger charge is 2.26. The number of amides is 1. The average Bonchev–Trinajstić information content (AvgIpc) is 2.37. The molecule has 2 N–H and O–H groups in total. The van der Waals surface area contributed by atoms with Crippen molar-refractivity contribution in [1.82, 2.24) is 5.32 Å². The van der Waals surface area contributed by atoms with E-state index in [4.69, 9.17) is 5.11 Å². The van der Waals surface area contributed by atoms with Gasteiger partial charge < -0.3 is 10.4 Å². The summed E-state index contributed by atoms with van der Waals surface area (Å²) in [5, 5.41) is 11.8. The summed E-state index contributed by atoms with van der Waals surface area (Å²) in [6.45, 7) is 1.80. The van der Waals surface area contributed by atoms with Crippen molar-refractivity contribution in [2.45, 2.75) is 38.1 Å². The van der Waals surface area contributed by atoms with Crippen molar-refractivity contribution in [3.8, 4) is 0 Å². The van der Waals surface area contributed by atoms with Gasteiger partial charge >= 0.3 is 0 Å². The number of carbonyl (C=O) groups is 1. The van der Waals surface area contributed by atoms with Crippen LogP contribution in [0.2, 0.25) is 0 Å². The maximum atomic E-state index is 12.1. The Morgan fingerprint density at radius 3 is 3.06 bits per heavy atom. The fourth-order valence-electron chi connectivity index (χ4n) is 2.42. The molecule has 0 saturated heterocycles. The van der Waals surface area contributed by atoms with E-state index in [-0.39, 0.29) is 24.5 Å². The van der Waals surface area contributed by atoms with E-state index >= 15 is 0 Å². The molecule has 1 unspecified atom stereocenters. The second-order valence-electron chi connectivity index (χ2n) is 4.74. The number of rotatable bonds is 3. The molecule has 0 aliphatic heterocycles. The van der Waals surface area contributed by atoms with Crippen LogP contribution in [0.4, 0.5) is 0 Å². The summed E-state index contributed by atoms with van der Waals surface area (Å²) in [7, 11) is 0. The second-order valence-corrected chi connectivity index (χ2v) is 4.74. The van der Waals surface area contributed by atoms with Gasteiger partial charge in [-0.2, -0.15) is 0 Å². The number of aliphatic hydroxyl groups is 1. The molecule has 0 aromatic heterocycles. The number of fused-ring (bicyclic) bond motifs is 1. The van der Waals surface area contributed by atoms with E-state index in [1.165, 1.54) is 5.56 Å². The maximum absolute atomic E-state index is 12.1. The van der Waals surface area contributed by atoms with Gasteiger partial charge in [0.2, 0.25) is 5.91 Å². The van der Waals surface area contributed by atoms with Gasteiger partial charge in [0.25, 0.3) is 0 Å². The van der Waals surface area contributed by atoms with Crippen molar-refractivity contribution in [3.63, 3.8) is 0 Å². The van der Waals surface area contributed by atoms with Gasteiger partial charge in [-0.1, -0.05) is 24.3 Å². The first-order valence-corrected chi connectivity index (χ1v) is 6.21. The van der Waals surface area contributed by atoms with E-state index in [0.29, 0.717) is 0 Å². The predicted octanol–water partition coefficient (Wildman–Crippen LogP) is 1.60. The Morgan fingerprint density at radius 1 is 1.53 bits per heavy atom. The van der Waals surface area contributed by atoms with E-state index in [1.54, 1.807) is 0 Å². The standard InChI is InChI=1S/C14H19NO2/c1-10(9-16)15-14(17)13-8-4-6-11-5-2-3-7-12(11)13/h2-3,5,7,10,13,16H,4,6,8-9H2,1H3,(H,15,17)/t10-,13?/m0/s1. The van der Waals surface area contributed by atoms with Gasteiger partial charge in [0.1, 0.15) is 0 Å². The molecule has 0 heterocycles. The lowest BCUT2D eigenvalue weighted by atomic mass is 9.82. The molecule has 3 heteroatoms. The summed E-state index contributed by atoms with van der Waals surface area (Å²) in [6, 6.07) is 7.98. The fraction of sp³-hybridized carbons (Fsp3) is 0.500. The van der Waals surface area contributed by atoms with Gasteiger partial charge in [-0.15, -0.1) is 0 Å². The van der Waals surface area contributed by atoms with Crippen LogP contribution < -0.4 is 5.32 Å². The molecule has 1 aliphatic carbocycles. The molecular weight excluding hydrogens is 214 g/mol. The van der Waals surface area contributed by atoms with Crippen molar-refractivity contribution in [2.24, 2.45) is 0 Å². The Bertz CT molecular complexity index is 403. The van der Waals surface area contributed by atoms with E-state index in [9.17, 15) is 4.79 Å². The van der Waals surface area contributed by atoms with E-state index in [1.807, 2.05) is 25.1 Å². The minimum absolute atomic E-state index is 0.0138. The number of hydrogen-bond acceptors (Lipinski definition) is 2. The molecule has 0 bridgehead atoms. The fourth-order valence-corrected chi connectivity index (χ4v) is 2.42. The van der Waals surface area contributed by atoms with Crippen LogP contribution in [0.5, 0.6) is 0 Å². The Hall–Kier alpha value is -1.35. The molecule has 17 heavy (non-hydrogen) atoms. The molecule has 2 rings (SSSR count). The van der Waals surface area contributed by atoms with Crippen molar-refractivity contribution in [1.29, 1.82) is 0 Å². The Labute approximate surface area is 102 Å². The molecule has 0 fully saturated rings. The van der Waals surface area contributed by atoms with Crippen molar-refractivity contribution < 1.29 is 9.90 Å². The Balaban J connectivity index is 2.15. The molecule has 3 nitrogen and oxygen atoms in total. The van der Waals surface area contributed by atoms with Crippen LogP contribution in [-0.4, -0.2) is 23.7 Å². The first-order chi connectivity index (χ1) is 8.22. The monoisotopic (exact) mass is 233 g/mol. The van der Waals surface area contributed by atoms with Crippen molar-refractivity contribution in [2.75, 3.05) is 6.61 Å². The van der Waals surface area contributed by atoms with Gasteiger partial charge in [0.15, 0.2) is 0 Å². The predicted molar refractivity (Wildman–Crippen MR) is 66.8 cm³/mol. The highest BCUT2D eigenvalue weighted by molar-refractivity contribution is 5.84. The van der Waals surface area contributed by atoms with Crippen molar-refractivity contribution >= 4 is 5.91 Å². The van der Waals surface area contributed by atoms with E-state index < -0.39 is 0 Å². The lowest BCUT2D eigenvalue weighted by Gasteiger charge is -2.25. The molecular formula is C14H19NO2. The number of aryl methyl sites for hydroxylation is 1. The zero-order valence-electron chi connectivity index (χ0n) is 10.1. The molecule has 1 amide bonds. The third-order valence-electron chi connectivity index (χ3n) is 3.35. The van der Waals surface area contributed by atoms with Crippen LogP contribution in [0.1, 0.15) is 36.8 Å². The van der Waals surface area contributed by atoms with Crippen LogP contribution in [0.3, 0.4) is 0 Å². The Kier molecular flexibility index (Phi) is 3.79. The van der Waals surface area contributed by atoms with Crippen LogP contribution >= 0.6 is 0 Å². The van der Waals surface area contributed by atoms with Crippen LogP contribution in [0, 0.1) is 0 Å². The van der Waals surface area contributed by atoms with Gasteiger partial charge in [-0.3, -0.25) is 4.79 Å². The van der Waals surface area contributed by atoms with Gasteiger partial charge in [-0.25, -0.2) is 0 Å². The summed E-state index contributed by atoms with van der Waals surface area (Å²) in [6.07, 6.45) is 3.03. The summed E-state index contributed by atoms with van der Waals surface area (Å²) in [5.74, 6) is -0.00681. The molecule has 0 saturated carbocycles. The zero-order valence-corrected chi connectivity index (χ0v) is 10.1. The van der Waals surface area contributed by atoms with E-state index in [2.05, 4.69) is 11.4 Å². The molecule has 1 aromatic carbocycles. The smallest absolute Gasteiger partial charge is 0.227 e. The molecule has 1 aromatic rings. The topological polar surface area (TPSA) is 49.3 Å². The molecule has 2 atom stereocenters. The van der Waals surface area contributed by atoms with Crippen molar-refractivity contribution in [3.05, 3.63) is 35.4 Å². The molecule has 0 radical (unpaired) electrons. The summed E-state index contributed by atoms with van der Waals surface area (Å²) in [5.41, 5.74) is 2.44. The van der Waals surface area contributed by atoms with Gasteiger partial charge in [-0.05, 0) is 37.3 Å². The molecule has 1 aliphatic rings. The quantitative estimate of drug-likeness (QED) is 0.833. The largest absolute Gasteiger partial charge is 0.394 e. The zero-order chi connectivity index (χ0) is 12.3. The highest BCUT2D eigenvalue weighted by Crippen LogP contribution is 2.31. The summed E-state index contributed by atoms with van der Waals surface area (Å²) in [4.78, 5) is 12.1. The lowest BCUT2D eigenvalue weighted by Crippen LogP contribution is -2.39. The number of aliphatic hydroxyl groups excluding tert-OH is 1.